The van der Waals surface area contributed by atoms with E-state index < -0.39 is 101 Å². The van der Waals surface area contributed by atoms with Crippen molar-refractivity contribution in [3.05, 3.63) is 203 Å². The van der Waals surface area contributed by atoms with Crippen LogP contribution in [0.2, 0.25) is 0 Å². The number of phenolic OH excluding ortho intramolecular Hbond substituents is 1. The molecule has 0 fully saturated rings. The third-order valence-electron chi connectivity index (χ3n) is 6.81. The second-order valence-electron chi connectivity index (χ2n) is 11.6. The molecule has 19 heteroatoms. The summed E-state index contributed by atoms with van der Waals surface area (Å²) in [6.07, 6.45) is -1.57. The van der Waals surface area contributed by atoms with Crippen molar-refractivity contribution < 1.29 is 101 Å². The van der Waals surface area contributed by atoms with Gasteiger partial charge in [0.15, 0.2) is 0 Å². The minimum absolute atomic E-state index is 0. The Hall–Kier alpha value is -5.97. The van der Waals surface area contributed by atoms with Gasteiger partial charge in [-0.2, -0.15) is 0 Å². The molecule has 2 atom stereocenters. The maximum absolute atomic E-state index is 13.3. The maximum Gasteiger partial charge on any atom is 1.00 e. The number of nitrogens with zero attached hydrogens (tertiary/aromatic N) is 1. The summed E-state index contributed by atoms with van der Waals surface area (Å²) in [6, 6.07) is 25.4. The van der Waals surface area contributed by atoms with Gasteiger partial charge in [-0.05, 0) is 137 Å². The van der Waals surface area contributed by atoms with Gasteiger partial charge in [0.25, 0.3) is 0 Å². The number of carbonyl (C=O) groups excluding carboxylic acids is 4. The van der Waals surface area contributed by atoms with E-state index >= 15 is 0 Å². The minimum atomic E-state index is -3.24. The first-order valence-electron chi connectivity index (χ1n) is 28.4. The number of alkyl halides is 1. The van der Waals surface area contributed by atoms with E-state index in [4.69, 9.17) is 66.6 Å². The zero-order valence-corrected chi connectivity index (χ0v) is 39.8. The number of nitrogens with two attached hydrogens (primary N) is 3. The van der Waals surface area contributed by atoms with Crippen LogP contribution in [0.25, 0.3) is 0 Å². The van der Waals surface area contributed by atoms with Crippen molar-refractivity contribution in [1.29, 1.82) is 9.27 Å². The van der Waals surface area contributed by atoms with Crippen LogP contribution in [0.1, 0.15) is 81.3 Å². The Kier molecular flexibility index (Phi) is 20.7. The zero-order valence-electron chi connectivity index (χ0n) is 56.4. The van der Waals surface area contributed by atoms with E-state index in [0.717, 1.165) is 36.4 Å². The van der Waals surface area contributed by atoms with Crippen LogP contribution in [0.3, 0.4) is 0 Å². The number of benzene rings is 6. The molecule has 0 aromatic heterocycles. The molecule has 0 radical (unpaired) electrons. The van der Waals surface area contributed by atoms with Crippen LogP contribution < -0.4 is 61.5 Å². The first-order valence-corrected chi connectivity index (χ1v) is 18.4. The molecule has 0 aliphatic carbocycles. The quantitative estimate of drug-likeness (QED) is 0.0440. The molecule has 0 aliphatic heterocycles. The Morgan fingerprint density at radius 2 is 1.16 bits per heavy atom. The van der Waals surface area contributed by atoms with Gasteiger partial charge in [-0.25, -0.2) is 13.2 Å². The number of hydrogen-bond acceptors (Lipinski definition) is 10. The average molecular weight is 1050 g/mol. The normalized spacial score (nSPS) is 16.5. The van der Waals surface area contributed by atoms with Crippen molar-refractivity contribution in [3.8, 4) is 17.2 Å². The van der Waals surface area contributed by atoms with E-state index in [1.165, 1.54) is 109 Å². The van der Waals surface area contributed by atoms with Gasteiger partial charge in [0.1, 0.15) is 63.1 Å². The number of carbonyl (C=O) groups is 4. The third-order valence-corrected chi connectivity index (χ3v) is 7.27. The molecule has 0 bridgehead atoms. The zero-order chi connectivity index (χ0) is 67.9. The Morgan fingerprint density at radius 1 is 0.765 bits per heavy atom. The molecule has 0 heterocycles. The second kappa shape index (κ2) is 39.1. The number of hydrogen-bond donors (Lipinski definition) is 5. The van der Waals surface area contributed by atoms with Crippen molar-refractivity contribution in [2.75, 3.05) is 0 Å². The van der Waals surface area contributed by atoms with Crippen LogP contribution in [0.5, 0.6) is 17.2 Å². The molecule has 6 aromatic carbocycles. The fourth-order valence-corrected chi connectivity index (χ4v) is 4.06. The van der Waals surface area contributed by atoms with Gasteiger partial charge in [-0.15, -0.1) is 12.4 Å². The van der Waals surface area contributed by atoms with Crippen molar-refractivity contribution in [1.82, 2.24) is 5.32 Å². The summed E-state index contributed by atoms with van der Waals surface area (Å²) in [5.41, 5.74) is 14.9. The number of aldehydes is 2. The molecule has 0 unspecified atom stereocenters. The van der Waals surface area contributed by atoms with Gasteiger partial charge in [0.2, 0.25) is 11.8 Å². The van der Waals surface area contributed by atoms with Gasteiger partial charge in [-0.1, -0.05) is 64.5 Å². The van der Waals surface area contributed by atoms with Crippen LogP contribution in [0.15, 0.2) is 146 Å². The number of halogens is 5. The van der Waals surface area contributed by atoms with Gasteiger partial charge in [-0.3, -0.25) is 19.2 Å². The molecule has 6 rings (SSSR count). The van der Waals surface area contributed by atoms with Crippen molar-refractivity contribution >= 4 is 61.0 Å². The molecule has 68 heavy (non-hydrogen) atoms. The number of aromatic hydroxyl groups is 1. The fourth-order valence-electron chi connectivity index (χ4n) is 3.81. The van der Waals surface area contributed by atoms with Crippen LogP contribution in [0.4, 0.5) is 13.2 Å². The molecule has 2 amide bonds. The molecular weight excluding hydrogens is 977 g/mol. The molecule has 6 aromatic rings. The van der Waals surface area contributed by atoms with E-state index in [1.54, 1.807) is 0 Å². The monoisotopic (exact) mass is 1050 g/mol. The van der Waals surface area contributed by atoms with E-state index in [0.29, 0.717) is 0 Å². The first kappa shape index (κ1) is 36.1. The largest absolute Gasteiger partial charge is 1.00 e. The van der Waals surface area contributed by atoms with E-state index in [2.05, 4.69) is 21.7 Å². The second-order valence-corrected chi connectivity index (χ2v) is 12.0. The van der Waals surface area contributed by atoms with Crippen LogP contribution in [-0.2, 0) is 34.5 Å². The van der Waals surface area contributed by atoms with Crippen LogP contribution in [0, 0.1) is 29.3 Å². The predicted molar refractivity (Wildman–Crippen MR) is 263 cm³/mol. The topological polar surface area (TPSA) is 221 Å². The SMILES string of the molecule is Cl.[2H]B([2H])[2H].[2H]C(=O)c1ccc(O)cc1.[2H]C(=O)c1ccc(OC([2H])([2H])c2cccc(F)c2)cc1.[2H]C([2H])(Br)c1cccc(F)c1.[2H]C([2H])(N[C@]([2H])(C(N)=O)C([2H])([2H])[2H])c1ccc(OC([2H])([2H])c2cccc(F)c2)cc1.[2H]C([2H])([2H])[C@]([2H])(N)C(N)=O.[C-]#N.[Na+]. The molecule has 0 saturated heterocycles. The molecule has 8 N–H and O–H groups in total. The summed E-state index contributed by atoms with van der Waals surface area (Å²) in [7, 11) is -1.42. The van der Waals surface area contributed by atoms with Crippen molar-refractivity contribution in [2.45, 2.75) is 50.6 Å². The number of phenols is 1. The van der Waals surface area contributed by atoms with Gasteiger partial charge < -0.3 is 48.9 Å². The van der Waals surface area contributed by atoms with Gasteiger partial charge in [0, 0.05) is 36.6 Å². The summed E-state index contributed by atoms with van der Waals surface area (Å²) in [6.45, 7) is -8.58. The number of ether oxygens (including phenoxy) is 2. The summed E-state index contributed by atoms with van der Waals surface area (Å²) < 4.78 is 199. The molecule has 0 aliphatic rings. The van der Waals surface area contributed by atoms with Gasteiger partial charge in [0.05, 0.1) is 28.6 Å². The fraction of sp³-hybridized carbons (Fsp3) is 0.163. The number of nitrogens with one attached hydrogen (secondary N) is 1. The average Bonchev–Trinajstić information content (AvgIpc) is 1.36. The molecule has 356 valence electrons. The number of amides is 2. The van der Waals surface area contributed by atoms with Crippen molar-refractivity contribution in [3.63, 3.8) is 0 Å². The smallest absolute Gasteiger partial charge is 0.512 e. The Morgan fingerprint density at radius 3 is 1.49 bits per heavy atom. The van der Waals surface area contributed by atoms with E-state index in [1.807, 2.05) is 5.32 Å². The van der Waals surface area contributed by atoms with Crippen molar-refractivity contribution in [2.24, 2.45) is 17.2 Å². The standard InChI is InChI=1S/C17H19FN2O2.C14H11FO2.C7H6BrF.C7H6O2.C3H8N2O.CN.BH3.ClH.Na/c1-12(17(19)21)20-10-13-5-7-16(8-6-13)22-11-14-3-2-4-15(18)9-14;15-13-3-1-2-12(8-13)10-17-14-6-4-11(9-16)5-7-14;8-5-6-2-1-3-7(9)4-6;8-5-6-1-3-7(9)4-2-6;1-2(4)3(5)6;1-2;;;/h2-9,12,20H,10-11H2,1H3,(H2,19,21);1-9H,10H2;1-4H,5H2;1-5,9H;2H,4H2,1H3,(H2,5,6);;1H3;1H;/q;;;;;-1;;;+1/t12-;;;;2-;;;;/m0...0..../s1/i1D3,10D2,11D2,12D;9D,10D2;5D2;5D;1D3,2D;;1D3;;. The molecule has 0 spiro atoms. The van der Waals surface area contributed by atoms with Gasteiger partial charge >= 0.3 is 29.6 Å². The van der Waals surface area contributed by atoms with Crippen LogP contribution in [-0.4, -0.2) is 53.8 Å². The summed E-state index contributed by atoms with van der Waals surface area (Å²) >= 11 is 2.79. The Labute approximate surface area is 463 Å². The maximum atomic E-state index is 13.3. The Balaban J connectivity index is -0.00000108. The molecule has 0 saturated carbocycles. The molecular formula is C49H54BBrClF3N5NaO7. The number of primary amides is 2. The third kappa shape index (κ3) is 30.3. The first-order chi connectivity index (χ1) is 39.6. The van der Waals surface area contributed by atoms with E-state index in [9.17, 15) is 32.3 Å². The minimum Gasteiger partial charge on any atom is -0.512 e. The van der Waals surface area contributed by atoms with E-state index in [-0.39, 0.29) is 92.6 Å². The Bertz CT molecular complexity index is 3220. The predicted octanol–water partition coefficient (Wildman–Crippen LogP) is 4.67. The number of rotatable bonds is 14. The van der Waals surface area contributed by atoms with Crippen LogP contribution >= 0.6 is 28.3 Å². The molecule has 12 nitrogen and oxygen atoms in total. The summed E-state index contributed by atoms with van der Waals surface area (Å²) in [5, 5.41) is 15.2. The summed E-state index contributed by atoms with van der Waals surface area (Å²) in [4.78, 5) is 42.9. The summed E-state index contributed by atoms with van der Waals surface area (Å²) in [5.74, 6) is -4.28.